The van der Waals surface area contributed by atoms with Crippen LogP contribution >= 0.6 is 0 Å². The lowest BCUT2D eigenvalue weighted by Gasteiger charge is -2.26. The fourth-order valence-corrected chi connectivity index (χ4v) is 1.71. The van der Waals surface area contributed by atoms with Gasteiger partial charge in [-0.2, -0.15) is 0 Å². The first-order chi connectivity index (χ1) is 8.40. The average molecular weight is 243 g/mol. The van der Waals surface area contributed by atoms with E-state index >= 15 is 0 Å². The van der Waals surface area contributed by atoms with Crippen LogP contribution in [0.3, 0.4) is 0 Å². The van der Waals surface area contributed by atoms with E-state index < -0.39 is 17.3 Å². The third-order valence-corrected chi connectivity index (χ3v) is 2.52. The Bertz CT molecular complexity index is 476. The number of rotatable bonds is 4. The zero-order chi connectivity index (χ0) is 13.3. The van der Waals surface area contributed by atoms with E-state index in [9.17, 15) is 9.90 Å². The standard InChI is InChI=1S/C11H11B2NO4/c1-11(16,14-10(12)13)9(15)6-2-3-7-8(4-6)18-5-17-7/h2-4,10,14,16H,5H2,1H3/t11-/m0/s1. The number of ketones is 1. The normalized spacial score (nSPS) is 16.6. The van der Waals surface area contributed by atoms with E-state index in [-0.39, 0.29) is 12.4 Å². The highest BCUT2D eigenvalue weighted by molar-refractivity contribution is 6.35. The first kappa shape index (κ1) is 13.0. The van der Waals surface area contributed by atoms with Crippen molar-refractivity contribution in [1.29, 1.82) is 0 Å². The molecule has 0 bridgehead atoms. The topological polar surface area (TPSA) is 67.8 Å². The zero-order valence-electron chi connectivity index (χ0n) is 9.84. The Balaban J connectivity index is 2.23. The SMILES string of the molecule is [B]C([B])N[C@@](C)(O)C(=O)c1ccc2c(c1)OCO2. The van der Waals surface area contributed by atoms with Gasteiger partial charge in [0.25, 0.3) is 0 Å². The average Bonchev–Trinajstić information content (AvgIpc) is 2.72. The quantitative estimate of drug-likeness (QED) is 0.424. The molecule has 1 heterocycles. The van der Waals surface area contributed by atoms with Crippen molar-refractivity contribution < 1.29 is 19.4 Å². The van der Waals surface area contributed by atoms with Crippen molar-refractivity contribution in [1.82, 2.24) is 5.32 Å². The number of carbonyl (C=O) groups is 1. The third-order valence-electron chi connectivity index (χ3n) is 2.52. The summed E-state index contributed by atoms with van der Waals surface area (Å²) in [6.07, 6.45) is 0. The van der Waals surface area contributed by atoms with Gasteiger partial charge < -0.3 is 14.6 Å². The summed E-state index contributed by atoms with van der Waals surface area (Å²) in [6.45, 7) is 1.40. The number of hydrogen-bond donors (Lipinski definition) is 2. The number of nitrogens with one attached hydrogen (secondary N) is 1. The molecular weight excluding hydrogens is 232 g/mol. The smallest absolute Gasteiger partial charge is 0.231 e. The molecule has 7 heteroatoms. The maximum absolute atomic E-state index is 12.1. The van der Waals surface area contributed by atoms with E-state index in [1.165, 1.54) is 19.1 Å². The van der Waals surface area contributed by atoms with Gasteiger partial charge in [0, 0.05) is 5.56 Å². The molecule has 2 rings (SSSR count). The lowest BCUT2D eigenvalue weighted by Crippen LogP contribution is -2.54. The van der Waals surface area contributed by atoms with Gasteiger partial charge in [-0.15, -0.1) is 0 Å². The number of aliphatic hydroxyl groups is 1. The molecule has 0 spiro atoms. The van der Waals surface area contributed by atoms with Crippen LogP contribution in [0.5, 0.6) is 11.5 Å². The first-order valence-corrected chi connectivity index (χ1v) is 5.36. The second-order valence-corrected chi connectivity index (χ2v) is 4.14. The molecule has 0 aromatic heterocycles. The number of Topliss-reactive ketones (excluding diaryl/α,β-unsaturated/α-hetero) is 1. The van der Waals surface area contributed by atoms with E-state index in [4.69, 9.17) is 25.2 Å². The molecule has 2 N–H and O–H groups in total. The van der Waals surface area contributed by atoms with Gasteiger partial charge in [0.15, 0.2) is 17.2 Å². The third kappa shape index (κ3) is 2.52. The van der Waals surface area contributed by atoms with Crippen LogP contribution in [0.4, 0.5) is 0 Å². The Morgan fingerprint density at radius 1 is 1.44 bits per heavy atom. The summed E-state index contributed by atoms with van der Waals surface area (Å²) < 4.78 is 10.3. The molecule has 18 heavy (non-hydrogen) atoms. The van der Waals surface area contributed by atoms with Crippen LogP contribution in [0.15, 0.2) is 18.2 Å². The van der Waals surface area contributed by atoms with Gasteiger partial charge >= 0.3 is 0 Å². The van der Waals surface area contributed by atoms with Crippen LogP contribution in [0, 0.1) is 0 Å². The lowest BCUT2D eigenvalue weighted by atomic mass is 9.77. The largest absolute Gasteiger partial charge is 0.454 e. The van der Waals surface area contributed by atoms with Crippen LogP contribution in [0.1, 0.15) is 17.3 Å². The number of carbonyl (C=O) groups excluding carboxylic acids is 1. The monoisotopic (exact) mass is 243 g/mol. The molecule has 1 aliphatic rings. The highest BCUT2D eigenvalue weighted by atomic mass is 16.7. The number of benzene rings is 1. The number of ether oxygens (including phenoxy) is 2. The lowest BCUT2D eigenvalue weighted by molar-refractivity contribution is 0.0246. The fourth-order valence-electron chi connectivity index (χ4n) is 1.71. The van der Waals surface area contributed by atoms with Gasteiger partial charge in [-0.25, -0.2) is 0 Å². The second-order valence-electron chi connectivity index (χ2n) is 4.14. The van der Waals surface area contributed by atoms with Crippen molar-refractivity contribution in [2.75, 3.05) is 6.79 Å². The van der Waals surface area contributed by atoms with Crippen molar-refractivity contribution in [2.24, 2.45) is 0 Å². The van der Waals surface area contributed by atoms with E-state index in [2.05, 4.69) is 5.32 Å². The summed E-state index contributed by atoms with van der Waals surface area (Å²) in [4.78, 5) is 12.1. The molecule has 0 amide bonds. The Morgan fingerprint density at radius 3 is 2.78 bits per heavy atom. The molecule has 1 aliphatic heterocycles. The molecule has 0 saturated heterocycles. The van der Waals surface area contributed by atoms with Crippen LogP contribution < -0.4 is 14.8 Å². The summed E-state index contributed by atoms with van der Waals surface area (Å²) in [5, 5.41) is 12.3. The Kier molecular flexibility index (Phi) is 3.36. The van der Waals surface area contributed by atoms with Crippen molar-refractivity contribution in [3.63, 3.8) is 0 Å². The summed E-state index contributed by atoms with van der Waals surface area (Å²) in [7, 11) is 10.6. The van der Waals surface area contributed by atoms with Gasteiger partial charge in [0.05, 0.1) is 15.7 Å². The highest BCUT2D eigenvalue weighted by Gasteiger charge is 2.32. The minimum Gasteiger partial charge on any atom is -0.454 e. The van der Waals surface area contributed by atoms with Crippen molar-refractivity contribution >= 4 is 21.5 Å². The maximum Gasteiger partial charge on any atom is 0.231 e. The van der Waals surface area contributed by atoms with Gasteiger partial charge in [0.2, 0.25) is 12.6 Å². The zero-order valence-corrected chi connectivity index (χ0v) is 9.84. The fraction of sp³-hybridized carbons (Fsp3) is 0.364. The molecule has 1 aromatic rings. The predicted molar refractivity (Wildman–Crippen MR) is 66.0 cm³/mol. The number of fused-ring (bicyclic) bond motifs is 1. The molecule has 1 aromatic carbocycles. The first-order valence-electron chi connectivity index (χ1n) is 5.36. The highest BCUT2D eigenvalue weighted by Crippen LogP contribution is 2.33. The van der Waals surface area contributed by atoms with E-state index in [1.54, 1.807) is 6.07 Å². The van der Waals surface area contributed by atoms with Crippen LogP contribution in [-0.2, 0) is 0 Å². The molecule has 5 nitrogen and oxygen atoms in total. The number of hydrogen-bond acceptors (Lipinski definition) is 5. The van der Waals surface area contributed by atoms with E-state index in [1.807, 2.05) is 0 Å². The van der Waals surface area contributed by atoms with Crippen LogP contribution in [-0.4, -0.2) is 44.9 Å². The summed E-state index contributed by atoms with van der Waals surface area (Å²) >= 11 is 0. The predicted octanol–water partition coefficient (Wildman–Crippen LogP) is -0.483. The van der Waals surface area contributed by atoms with Gasteiger partial charge in [-0.3, -0.25) is 10.1 Å². The minimum atomic E-state index is -1.85. The van der Waals surface area contributed by atoms with E-state index in [0.29, 0.717) is 11.5 Å². The Labute approximate surface area is 107 Å². The molecule has 0 aliphatic carbocycles. The van der Waals surface area contributed by atoms with Crippen LogP contribution in [0.25, 0.3) is 0 Å². The summed E-state index contributed by atoms with van der Waals surface area (Å²) in [6, 6.07) is 4.64. The molecule has 0 saturated carbocycles. The maximum atomic E-state index is 12.1. The minimum absolute atomic E-state index is 0.120. The summed E-state index contributed by atoms with van der Waals surface area (Å²) in [5.74, 6) is -0.525. The molecular formula is C11H11B2NO4. The Morgan fingerprint density at radius 2 is 2.11 bits per heavy atom. The molecule has 0 fully saturated rings. The Hall–Kier alpha value is -1.46. The van der Waals surface area contributed by atoms with Crippen molar-refractivity contribution in [3.8, 4) is 11.5 Å². The van der Waals surface area contributed by atoms with Crippen LogP contribution in [0.2, 0.25) is 0 Å². The van der Waals surface area contributed by atoms with E-state index in [0.717, 1.165) is 0 Å². The molecule has 0 unspecified atom stereocenters. The summed E-state index contributed by atoms with van der Waals surface area (Å²) in [5.41, 5.74) is -1.57. The second kappa shape index (κ2) is 4.66. The molecule has 1 atom stereocenters. The van der Waals surface area contributed by atoms with Gasteiger partial charge in [-0.1, -0.05) is 5.84 Å². The van der Waals surface area contributed by atoms with Gasteiger partial charge in [0.1, 0.15) is 0 Å². The van der Waals surface area contributed by atoms with Gasteiger partial charge in [-0.05, 0) is 25.1 Å². The van der Waals surface area contributed by atoms with Crippen molar-refractivity contribution in [3.05, 3.63) is 23.8 Å². The van der Waals surface area contributed by atoms with Crippen molar-refractivity contribution in [2.45, 2.75) is 18.5 Å². The molecule has 90 valence electrons. The molecule has 4 radical (unpaired) electrons.